The van der Waals surface area contributed by atoms with Crippen molar-refractivity contribution in [3.05, 3.63) is 22.2 Å². The van der Waals surface area contributed by atoms with Crippen LogP contribution in [-0.2, 0) is 6.54 Å². The van der Waals surface area contributed by atoms with Gasteiger partial charge in [0, 0.05) is 23.3 Å². The van der Waals surface area contributed by atoms with Gasteiger partial charge in [-0.3, -0.25) is 0 Å². The second kappa shape index (κ2) is 10.6. The van der Waals surface area contributed by atoms with Gasteiger partial charge in [0.05, 0.1) is 20.8 Å². The van der Waals surface area contributed by atoms with E-state index in [1.54, 1.807) is 26.0 Å². The first-order valence-corrected chi connectivity index (χ1v) is 9.26. The summed E-state index contributed by atoms with van der Waals surface area (Å²) in [6.45, 7) is 4.33. The number of hydrogen-bond donors (Lipinski definition) is 2. The molecule has 0 aliphatic carbocycles. The molecule has 0 aliphatic heterocycles. The molecule has 22 heavy (non-hydrogen) atoms. The summed E-state index contributed by atoms with van der Waals surface area (Å²) in [7, 11) is 3.26. The number of nitrogens with zero attached hydrogens (tertiary/aromatic N) is 1. The predicted octanol–water partition coefficient (Wildman–Crippen LogP) is 2.88. The van der Waals surface area contributed by atoms with Gasteiger partial charge in [0.2, 0.25) is 0 Å². The third-order valence-electron chi connectivity index (χ3n) is 2.90. The van der Waals surface area contributed by atoms with Gasteiger partial charge in [0.15, 0.2) is 17.5 Å². The lowest BCUT2D eigenvalue weighted by Gasteiger charge is -2.13. The highest BCUT2D eigenvalue weighted by atomic mass is 79.9. The lowest BCUT2D eigenvalue weighted by atomic mass is 10.2. The molecule has 0 spiro atoms. The van der Waals surface area contributed by atoms with Crippen molar-refractivity contribution in [1.29, 1.82) is 0 Å². The Morgan fingerprint density at radius 1 is 1.23 bits per heavy atom. The Labute approximate surface area is 145 Å². The molecule has 2 N–H and O–H groups in total. The zero-order valence-corrected chi connectivity index (χ0v) is 15.9. The Morgan fingerprint density at radius 2 is 1.91 bits per heavy atom. The summed E-state index contributed by atoms with van der Waals surface area (Å²) in [4.78, 5) is 4.61. The number of nitrogens with one attached hydrogen (secondary N) is 2. The van der Waals surface area contributed by atoms with Crippen molar-refractivity contribution in [2.45, 2.75) is 13.5 Å². The smallest absolute Gasteiger partial charge is 0.191 e. The quantitative estimate of drug-likeness (QED) is 0.406. The van der Waals surface area contributed by atoms with Crippen LogP contribution >= 0.6 is 27.7 Å². The summed E-state index contributed by atoms with van der Waals surface area (Å²) in [5.41, 5.74) is 1.04. The highest BCUT2D eigenvalue weighted by Crippen LogP contribution is 2.33. The first-order valence-electron chi connectivity index (χ1n) is 7.07. The fourth-order valence-electron chi connectivity index (χ4n) is 1.79. The van der Waals surface area contributed by atoms with Gasteiger partial charge in [-0.05, 0) is 30.9 Å². The third-order valence-corrected chi connectivity index (χ3v) is 4.25. The summed E-state index contributed by atoms with van der Waals surface area (Å²) in [5, 5.41) is 6.55. The minimum Gasteiger partial charge on any atom is -0.493 e. The highest BCUT2D eigenvalue weighted by Gasteiger charge is 2.09. The van der Waals surface area contributed by atoms with Crippen LogP contribution in [0.3, 0.4) is 0 Å². The largest absolute Gasteiger partial charge is 0.493 e. The molecular formula is C15H24BrN3O2S. The maximum Gasteiger partial charge on any atom is 0.191 e. The molecule has 0 aromatic heterocycles. The number of hydrogen-bond acceptors (Lipinski definition) is 4. The van der Waals surface area contributed by atoms with E-state index in [2.05, 4.69) is 44.7 Å². The van der Waals surface area contributed by atoms with Crippen LogP contribution in [0.4, 0.5) is 0 Å². The van der Waals surface area contributed by atoms with Gasteiger partial charge in [0.25, 0.3) is 0 Å². The van der Waals surface area contributed by atoms with Crippen LogP contribution in [0.2, 0.25) is 0 Å². The minimum atomic E-state index is 0.551. The number of guanidine groups is 1. The summed E-state index contributed by atoms with van der Waals surface area (Å²) in [6.07, 6.45) is 2.09. The van der Waals surface area contributed by atoms with E-state index >= 15 is 0 Å². The molecule has 0 fully saturated rings. The van der Waals surface area contributed by atoms with Crippen molar-refractivity contribution in [2.75, 3.05) is 39.3 Å². The van der Waals surface area contributed by atoms with Gasteiger partial charge in [-0.15, -0.1) is 0 Å². The van der Waals surface area contributed by atoms with E-state index in [0.717, 1.165) is 34.8 Å². The molecule has 0 saturated heterocycles. The molecule has 0 amide bonds. The van der Waals surface area contributed by atoms with Gasteiger partial charge < -0.3 is 20.1 Å². The van der Waals surface area contributed by atoms with Crippen LogP contribution in [0.1, 0.15) is 12.5 Å². The summed E-state index contributed by atoms with van der Waals surface area (Å²) < 4.78 is 11.6. The summed E-state index contributed by atoms with van der Waals surface area (Å²) in [6, 6.07) is 3.84. The Bertz CT molecular complexity index is 498. The second-order valence-electron chi connectivity index (χ2n) is 4.41. The standard InChI is InChI=1S/C15H24BrN3O2S/c1-5-17-15(18-6-7-22-4)19-10-11-8-13(20-2)14(21-3)9-12(11)16/h8-9H,5-7,10H2,1-4H3,(H2,17,18,19). The Morgan fingerprint density at radius 3 is 2.50 bits per heavy atom. The lowest BCUT2D eigenvalue weighted by Crippen LogP contribution is -2.38. The van der Waals surface area contributed by atoms with Crippen LogP contribution in [0, 0.1) is 0 Å². The van der Waals surface area contributed by atoms with Crippen molar-refractivity contribution < 1.29 is 9.47 Å². The minimum absolute atomic E-state index is 0.551. The molecule has 5 nitrogen and oxygen atoms in total. The molecule has 124 valence electrons. The fourth-order valence-corrected chi connectivity index (χ4v) is 2.55. The lowest BCUT2D eigenvalue weighted by molar-refractivity contribution is 0.354. The third kappa shape index (κ3) is 5.96. The first-order chi connectivity index (χ1) is 10.7. The molecule has 0 saturated carbocycles. The van der Waals surface area contributed by atoms with Crippen molar-refractivity contribution >= 4 is 33.7 Å². The predicted molar refractivity (Wildman–Crippen MR) is 98.4 cm³/mol. The SMILES string of the molecule is CCNC(=NCc1cc(OC)c(OC)cc1Br)NCCSC. The van der Waals surface area contributed by atoms with E-state index in [4.69, 9.17) is 9.47 Å². The molecule has 0 atom stereocenters. The van der Waals surface area contributed by atoms with Gasteiger partial charge in [-0.25, -0.2) is 4.99 Å². The van der Waals surface area contributed by atoms with Crippen molar-refractivity contribution in [2.24, 2.45) is 4.99 Å². The molecule has 0 aliphatic rings. The van der Waals surface area contributed by atoms with E-state index in [-0.39, 0.29) is 0 Å². The van der Waals surface area contributed by atoms with Crippen LogP contribution in [0.5, 0.6) is 11.5 Å². The van der Waals surface area contributed by atoms with E-state index in [1.165, 1.54) is 0 Å². The maximum atomic E-state index is 5.34. The Hall–Kier alpha value is -1.08. The number of ether oxygens (including phenoxy) is 2. The molecule has 1 aromatic carbocycles. The molecule has 0 bridgehead atoms. The van der Waals surface area contributed by atoms with Crippen LogP contribution in [-0.4, -0.2) is 45.3 Å². The maximum absolute atomic E-state index is 5.34. The molecule has 0 heterocycles. The summed E-state index contributed by atoms with van der Waals surface area (Å²) >= 11 is 5.36. The number of thioether (sulfide) groups is 1. The fraction of sp³-hybridized carbons (Fsp3) is 0.533. The normalized spacial score (nSPS) is 11.2. The van der Waals surface area contributed by atoms with E-state index < -0.39 is 0 Å². The van der Waals surface area contributed by atoms with E-state index in [9.17, 15) is 0 Å². The molecule has 1 aromatic rings. The molecule has 7 heteroatoms. The van der Waals surface area contributed by atoms with Crippen LogP contribution in [0.15, 0.2) is 21.6 Å². The van der Waals surface area contributed by atoms with Crippen LogP contribution < -0.4 is 20.1 Å². The van der Waals surface area contributed by atoms with E-state index in [1.807, 2.05) is 12.1 Å². The monoisotopic (exact) mass is 389 g/mol. The van der Waals surface area contributed by atoms with E-state index in [0.29, 0.717) is 18.0 Å². The molecule has 0 radical (unpaired) electrons. The molecular weight excluding hydrogens is 366 g/mol. The van der Waals surface area contributed by atoms with Gasteiger partial charge in [0.1, 0.15) is 0 Å². The second-order valence-corrected chi connectivity index (χ2v) is 6.25. The topological polar surface area (TPSA) is 54.9 Å². The number of methoxy groups -OCH3 is 2. The van der Waals surface area contributed by atoms with Gasteiger partial charge >= 0.3 is 0 Å². The van der Waals surface area contributed by atoms with Crippen molar-refractivity contribution in [3.63, 3.8) is 0 Å². The number of benzene rings is 1. The average Bonchev–Trinajstić information content (AvgIpc) is 2.53. The number of aliphatic imine (C=N–C) groups is 1. The van der Waals surface area contributed by atoms with Crippen molar-refractivity contribution in [3.8, 4) is 11.5 Å². The highest BCUT2D eigenvalue weighted by molar-refractivity contribution is 9.10. The number of rotatable bonds is 8. The molecule has 1 rings (SSSR count). The summed E-state index contributed by atoms with van der Waals surface area (Å²) in [5.74, 6) is 3.27. The molecule has 0 unspecified atom stereocenters. The Balaban J connectivity index is 2.84. The number of halogens is 1. The van der Waals surface area contributed by atoms with Gasteiger partial charge in [-0.2, -0.15) is 11.8 Å². The van der Waals surface area contributed by atoms with Crippen LogP contribution in [0.25, 0.3) is 0 Å². The zero-order valence-electron chi connectivity index (χ0n) is 13.5. The van der Waals surface area contributed by atoms with Gasteiger partial charge in [-0.1, -0.05) is 15.9 Å². The van der Waals surface area contributed by atoms with Crippen molar-refractivity contribution in [1.82, 2.24) is 10.6 Å². The average molecular weight is 390 g/mol. The first kappa shape index (κ1) is 19.0. The zero-order chi connectivity index (χ0) is 16.4. The Kier molecular flexibility index (Phi) is 9.15.